The second-order valence-corrected chi connectivity index (χ2v) is 4.61. The number of carbonyl (C=O) groups is 2. The molecule has 1 saturated heterocycles. The number of hydrogen-bond acceptors (Lipinski definition) is 2. The summed E-state index contributed by atoms with van der Waals surface area (Å²) in [5.41, 5.74) is 0. The van der Waals surface area contributed by atoms with Crippen molar-refractivity contribution in [3.05, 3.63) is 0 Å². The van der Waals surface area contributed by atoms with Crippen LogP contribution in [-0.4, -0.2) is 39.2 Å². The number of urea groups is 2. The minimum Gasteiger partial charge on any atom is -0.203 e. The molecule has 0 radical (unpaired) electrons. The standard InChI is InChI=1S/C8H14Cl2N3O2/c1-4-6(2)5-13(3)7(14)11(9)12(10)8(13)15/h6H,4-5H2,1-3H3/q+1. The summed E-state index contributed by atoms with van der Waals surface area (Å²) in [6, 6.07) is -1.03. The van der Waals surface area contributed by atoms with Gasteiger partial charge in [0.2, 0.25) is 0 Å². The lowest BCUT2D eigenvalue weighted by Crippen LogP contribution is -2.51. The van der Waals surface area contributed by atoms with Gasteiger partial charge in [0.05, 0.1) is 13.6 Å². The van der Waals surface area contributed by atoms with Gasteiger partial charge in [0.25, 0.3) is 0 Å². The second kappa shape index (κ2) is 4.15. The summed E-state index contributed by atoms with van der Waals surface area (Å²) in [5, 5.41) is 0. The van der Waals surface area contributed by atoms with Crippen LogP contribution in [0.2, 0.25) is 0 Å². The Morgan fingerprint density at radius 3 is 2.00 bits per heavy atom. The molecule has 0 saturated carbocycles. The Kier molecular flexibility index (Phi) is 3.48. The van der Waals surface area contributed by atoms with Gasteiger partial charge in [0.15, 0.2) is 0 Å². The van der Waals surface area contributed by atoms with Crippen LogP contribution in [0, 0.1) is 5.92 Å². The molecule has 1 rings (SSSR count). The summed E-state index contributed by atoms with van der Waals surface area (Å²) < 4.78 is 0.834. The first kappa shape index (κ1) is 12.5. The molecule has 5 nitrogen and oxygen atoms in total. The predicted octanol–water partition coefficient (Wildman–Crippen LogP) is 2.56. The van der Waals surface area contributed by atoms with Crippen molar-refractivity contribution in [1.29, 1.82) is 0 Å². The average molecular weight is 255 g/mol. The van der Waals surface area contributed by atoms with E-state index >= 15 is 0 Å². The normalized spacial score (nSPS) is 22.5. The van der Waals surface area contributed by atoms with Gasteiger partial charge in [-0.3, -0.25) is 0 Å². The first-order valence-electron chi connectivity index (χ1n) is 4.71. The SMILES string of the molecule is CCC(C)C[N+]1(C)C(=O)N(Cl)N(Cl)C1=O. The fourth-order valence-corrected chi connectivity index (χ4v) is 1.97. The Balaban J connectivity index is 2.92. The molecule has 7 heteroatoms. The fraction of sp³-hybridized carbons (Fsp3) is 0.750. The molecule has 1 aliphatic rings. The topological polar surface area (TPSA) is 40.6 Å². The van der Waals surface area contributed by atoms with Crippen molar-refractivity contribution in [2.24, 2.45) is 5.92 Å². The van der Waals surface area contributed by atoms with Crippen molar-refractivity contribution in [3.63, 3.8) is 0 Å². The van der Waals surface area contributed by atoms with E-state index in [2.05, 4.69) is 0 Å². The van der Waals surface area contributed by atoms with Crippen LogP contribution in [0.4, 0.5) is 9.59 Å². The van der Waals surface area contributed by atoms with Gasteiger partial charge in [-0.25, -0.2) is 9.59 Å². The molecule has 1 heterocycles. The molecule has 0 aliphatic carbocycles. The molecule has 1 aliphatic heterocycles. The van der Waals surface area contributed by atoms with E-state index in [1.807, 2.05) is 13.8 Å². The van der Waals surface area contributed by atoms with Crippen LogP contribution in [0.25, 0.3) is 0 Å². The van der Waals surface area contributed by atoms with Crippen LogP contribution in [0.5, 0.6) is 0 Å². The van der Waals surface area contributed by atoms with E-state index in [-0.39, 0.29) is 5.92 Å². The number of quaternary nitrogens is 1. The molecule has 0 aromatic carbocycles. The van der Waals surface area contributed by atoms with Crippen LogP contribution in [-0.2, 0) is 0 Å². The number of imide groups is 1. The zero-order valence-electron chi connectivity index (χ0n) is 8.91. The molecule has 86 valence electrons. The van der Waals surface area contributed by atoms with Crippen molar-refractivity contribution < 1.29 is 14.1 Å². The maximum Gasteiger partial charge on any atom is 0.463 e. The molecule has 4 amide bonds. The van der Waals surface area contributed by atoms with Gasteiger partial charge in [-0.2, -0.15) is 4.48 Å². The van der Waals surface area contributed by atoms with E-state index in [9.17, 15) is 9.59 Å². The largest absolute Gasteiger partial charge is 0.463 e. The molecule has 0 aromatic rings. The number of rotatable bonds is 3. The lowest BCUT2D eigenvalue weighted by atomic mass is 10.1. The number of hydrogen-bond donors (Lipinski definition) is 0. The van der Waals surface area contributed by atoms with Gasteiger partial charge in [0, 0.05) is 29.5 Å². The van der Waals surface area contributed by atoms with E-state index in [4.69, 9.17) is 23.6 Å². The molecule has 0 N–H and O–H groups in total. The summed E-state index contributed by atoms with van der Waals surface area (Å²) >= 11 is 11.1. The fourth-order valence-electron chi connectivity index (χ4n) is 1.50. The summed E-state index contributed by atoms with van der Waals surface area (Å²) in [4.78, 5) is 23.4. The lowest BCUT2D eigenvalue weighted by Gasteiger charge is -2.23. The zero-order valence-corrected chi connectivity index (χ0v) is 10.4. The third kappa shape index (κ3) is 1.91. The molecular formula is C8H14Cl2N3O2+. The van der Waals surface area contributed by atoms with Gasteiger partial charge in [-0.1, -0.05) is 22.9 Å². The number of halogens is 2. The highest BCUT2D eigenvalue weighted by molar-refractivity contribution is 6.30. The quantitative estimate of drug-likeness (QED) is 0.574. The van der Waals surface area contributed by atoms with Crippen LogP contribution in [0.3, 0.4) is 0 Å². The molecule has 0 aromatic heterocycles. The van der Waals surface area contributed by atoms with E-state index < -0.39 is 16.5 Å². The highest BCUT2D eigenvalue weighted by Crippen LogP contribution is 2.29. The van der Waals surface area contributed by atoms with Crippen LogP contribution in [0.1, 0.15) is 20.3 Å². The Bertz CT molecular complexity index is 278. The third-order valence-electron chi connectivity index (χ3n) is 2.69. The minimum absolute atomic E-state index is 0.246. The van der Waals surface area contributed by atoms with Gasteiger partial charge in [-0.05, 0) is 6.42 Å². The Hall–Kier alpha value is -0.520. The molecule has 1 unspecified atom stereocenters. The van der Waals surface area contributed by atoms with Crippen LogP contribution in [0.15, 0.2) is 0 Å². The molecule has 1 fully saturated rings. The molecule has 15 heavy (non-hydrogen) atoms. The predicted molar refractivity (Wildman–Crippen MR) is 56.7 cm³/mol. The maximum absolute atomic E-state index is 11.7. The highest BCUT2D eigenvalue weighted by atomic mass is 35.5. The minimum atomic E-state index is -0.517. The number of amides is 4. The van der Waals surface area contributed by atoms with Crippen molar-refractivity contribution in [3.8, 4) is 0 Å². The van der Waals surface area contributed by atoms with Gasteiger partial charge in [0.1, 0.15) is 0 Å². The van der Waals surface area contributed by atoms with Gasteiger partial charge >= 0.3 is 12.1 Å². The third-order valence-corrected chi connectivity index (χ3v) is 3.36. The van der Waals surface area contributed by atoms with Crippen molar-refractivity contribution >= 4 is 35.6 Å². The van der Waals surface area contributed by atoms with Crippen LogP contribution >= 0.6 is 23.6 Å². The Labute approximate surface area is 98.9 Å². The molecule has 0 bridgehead atoms. The number of carbonyl (C=O) groups excluding carboxylic acids is 2. The monoisotopic (exact) mass is 254 g/mol. The van der Waals surface area contributed by atoms with E-state index in [0.29, 0.717) is 15.6 Å². The molecular weight excluding hydrogens is 241 g/mol. The van der Waals surface area contributed by atoms with E-state index in [0.717, 1.165) is 6.42 Å². The van der Waals surface area contributed by atoms with Crippen LogP contribution < -0.4 is 0 Å². The highest BCUT2D eigenvalue weighted by Gasteiger charge is 2.57. The van der Waals surface area contributed by atoms with Crippen molar-refractivity contribution in [1.82, 2.24) is 9.06 Å². The second-order valence-electron chi connectivity index (χ2n) is 3.97. The first-order chi connectivity index (χ1) is 6.84. The molecule has 0 spiro atoms. The zero-order chi connectivity index (χ0) is 11.8. The van der Waals surface area contributed by atoms with E-state index in [1.165, 1.54) is 7.05 Å². The summed E-state index contributed by atoms with van der Waals surface area (Å²) in [6.45, 7) is 4.37. The van der Waals surface area contributed by atoms with Gasteiger partial charge < -0.3 is 0 Å². The number of nitrogens with zero attached hydrogens (tertiary/aromatic N) is 3. The molecule has 1 atom stereocenters. The number of hydrazine groups is 1. The van der Waals surface area contributed by atoms with Gasteiger partial charge in [-0.15, -0.1) is 0 Å². The smallest absolute Gasteiger partial charge is 0.203 e. The lowest BCUT2D eigenvalue weighted by molar-refractivity contribution is -0.745. The summed E-state index contributed by atoms with van der Waals surface area (Å²) in [6.07, 6.45) is 0.888. The summed E-state index contributed by atoms with van der Waals surface area (Å²) in [5.74, 6) is 0.246. The summed E-state index contributed by atoms with van der Waals surface area (Å²) in [7, 11) is 1.52. The Morgan fingerprint density at radius 2 is 1.67 bits per heavy atom. The van der Waals surface area contributed by atoms with Crippen molar-refractivity contribution in [2.45, 2.75) is 20.3 Å². The first-order valence-corrected chi connectivity index (χ1v) is 5.38. The average Bonchev–Trinajstić information content (AvgIpc) is 2.35. The van der Waals surface area contributed by atoms with E-state index in [1.54, 1.807) is 0 Å². The maximum atomic E-state index is 11.7. The van der Waals surface area contributed by atoms with Crippen molar-refractivity contribution in [2.75, 3.05) is 13.6 Å². The Morgan fingerprint density at radius 1 is 1.27 bits per heavy atom.